The molecule has 0 amide bonds. The van der Waals surface area contributed by atoms with Gasteiger partial charge in [0.25, 0.3) is 0 Å². The standard InChI is InChI=1S/C6H6BFO2.CH2O3.2K/c8-6-4-2-1-3-5(6)7(9)10;2-1(3)4;;/h1-4,9-10H;(H2,2,3,4);;/q;;2*+1/p-2. The minimum absolute atomic E-state index is 0. The zero-order chi connectivity index (χ0) is 11.1. The van der Waals surface area contributed by atoms with Crippen LogP contribution < -0.4 is 118 Å². The number of hydrogen-bond acceptors (Lipinski definition) is 5. The molecule has 0 bridgehead atoms. The van der Waals surface area contributed by atoms with Gasteiger partial charge in [-0.25, -0.2) is 4.39 Å². The molecular weight excluding hydrogens is 272 g/mol. The smallest absolute Gasteiger partial charge is 0.652 e. The molecule has 0 aliphatic carbocycles. The third kappa shape index (κ3) is 12.1. The number of carbonyl (C=O) groups is 1. The molecule has 0 aliphatic heterocycles. The fraction of sp³-hybridized carbons (Fsp3) is 0. The second kappa shape index (κ2) is 13.1. The number of carboxylic acid groups (broad SMARTS) is 2. The summed E-state index contributed by atoms with van der Waals surface area (Å²) >= 11 is 0. The normalized spacial score (nSPS) is 7.44. The van der Waals surface area contributed by atoms with Gasteiger partial charge in [-0.05, 0) is 12.2 Å². The Kier molecular flexibility index (Phi) is 18.7. The molecule has 0 saturated carbocycles. The maximum absolute atomic E-state index is 12.5. The Morgan fingerprint density at radius 1 is 1.19 bits per heavy atom. The third-order valence-electron chi connectivity index (χ3n) is 1.18. The molecule has 0 fully saturated rings. The maximum atomic E-state index is 12.5. The fourth-order valence-corrected chi connectivity index (χ4v) is 0.684. The minimum Gasteiger partial charge on any atom is -0.652 e. The predicted molar refractivity (Wildman–Crippen MR) is 41.6 cm³/mol. The number of halogens is 1. The summed E-state index contributed by atoms with van der Waals surface area (Å²) in [5, 5.41) is 33.7. The van der Waals surface area contributed by atoms with Crippen molar-refractivity contribution in [1.29, 1.82) is 0 Å². The summed E-state index contributed by atoms with van der Waals surface area (Å²) < 4.78 is 12.5. The molecule has 0 heterocycles. The number of hydrogen-bond donors (Lipinski definition) is 2. The quantitative estimate of drug-likeness (QED) is 0.496. The van der Waals surface area contributed by atoms with Crippen molar-refractivity contribution < 1.29 is 132 Å². The van der Waals surface area contributed by atoms with E-state index in [1.165, 1.54) is 24.3 Å². The van der Waals surface area contributed by atoms with E-state index in [0.29, 0.717) is 0 Å². The number of carbonyl (C=O) groups excluding carboxylic acids is 1. The summed E-state index contributed by atoms with van der Waals surface area (Å²) in [5.74, 6) is -0.600. The van der Waals surface area contributed by atoms with E-state index in [4.69, 9.17) is 25.1 Å². The topological polar surface area (TPSA) is 104 Å². The average Bonchev–Trinajstić information content (AvgIpc) is 2.03. The van der Waals surface area contributed by atoms with Crippen LogP contribution in [0.3, 0.4) is 0 Å². The van der Waals surface area contributed by atoms with Crippen LogP contribution in [0.5, 0.6) is 0 Å². The summed E-state index contributed by atoms with van der Waals surface area (Å²) in [6, 6.07) is 5.52. The Labute approximate surface area is 177 Å². The first kappa shape index (κ1) is 22.8. The first-order chi connectivity index (χ1) is 6.45. The number of rotatable bonds is 1. The van der Waals surface area contributed by atoms with Crippen LogP contribution in [-0.4, -0.2) is 23.3 Å². The first-order valence-corrected chi connectivity index (χ1v) is 3.43. The molecule has 0 aromatic heterocycles. The van der Waals surface area contributed by atoms with Crippen LogP contribution in [0.15, 0.2) is 24.3 Å². The molecule has 16 heavy (non-hydrogen) atoms. The summed E-state index contributed by atoms with van der Waals surface area (Å²) in [6.45, 7) is 0. The van der Waals surface area contributed by atoms with E-state index in [9.17, 15) is 4.39 Å². The van der Waals surface area contributed by atoms with Gasteiger partial charge in [0, 0.05) is 5.46 Å². The van der Waals surface area contributed by atoms with Crippen molar-refractivity contribution in [2.24, 2.45) is 0 Å². The SMILES string of the molecule is O=C([O-])[O-].OB(O)c1ccccc1F.[K+].[K+]. The van der Waals surface area contributed by atoms with Gasteiger partial charge in [0.1, 0.15) is 5.82 Å². The van der Waals surface area contributed by atoms with E-state index in [2.05, 4.69) is 0 Å². The molecule has 0 unspecified atom stereocenters. The summed E-state index contributed by atoms with van der Waals surface area (Å²) in [6.07, 6.45) is -2.33. The average molecular weight is 278 g/mol. The molecule has 1 aromatic rings. The molecule has 2 N–H and O–H groups in total. The molecule has 0 spiro atoms. The molecule has 76 valence electrons. The van der Waals surface area contributed by atoms with Crippen molar-refractivity contribution in [2.45, 2.75) is 0 Å². The van der Waals surface area contributed by atoms with E-state index < -0.39 is 19.1 Å². The zero-order valence-electron chi connectivity index (χ0n) is 8.88. The van der Waals surface area contributed by atoms with E-state index in [0.717, 1.165) is 0 Å². The molecule has 9 heteroatoms. The Hall–Kier alpha value is 1.68. The van der Waals surface area contributed by atoms with Crippen molar-refractivity contribution >= 4 is 18.7 Å². The van der Waals surface area contributed by atoms with Crippen LogP contribution >= 0.6 is 0 Å². The fourth-order valence-electron chi connectivity index (χ4n) is 0.684. The molecule has 0 atom stereocenters. The second-order valence-electron chi connectivity index (χ2n) is 2.15. The molecule has 5 nitrogen and oxygen atoms in total. The van der Waals surface area contributed by atoms with Crippen LogP contribution in [-0.2, 0) is 0 Å². The van der Waals surface area contributed by atoms with Crippen LogP contribution in [0, 0.1) is 5.82 Å². The van der Waals surface area contributed by atoms with Gasteiger partial charge in [0.2, 0.25) is 0 Å². The molecule has 1 aromatic carbocycles. The molecule has 1 rings (SSSR count). The predicted octanol–water partition coefficient (Wildman–Crippen LogP) is -8.93. The Morgan fingerprint density at radius 3 is 1.81 bits per heavy atom. The monoisotopic (exact) mass is 278 g/mol. The van der Waals surface area contributed by atoms with Gasteiger partial charge < -0.3 is 25.1 Å². The van der Waals surface area contributed by atoms with Crippen LogP contribution in [0.1, 0.15) is 0 Å². The van der Waals surface area contributed by atoms with Gasteiger partial charge in [-0.15, -0.1) is 0 Å². The largest absolute Gasteiger partial charge is 1.00 e. The Balaban J connectivity index is -0.000000249. The van der Waals surface area contributed by atoms with Gasteiger partial charge in [0.05, 0.1) is 0 Å². The van der Waals surface area contributed by atoms with Crippen molar-refractivity contribution in [2.75, 3.05) is 0 Å². The summed E-state index contributed by atoms with van der Waals surface area (Å²) in [7, 11) is -1.72. The molecule has 0 saturated heterocycles. The van der Waals surface area contributed by atoms with Gasteiger partial charge >= 0.3 is 110 Å². The van der Waals surface area contributed by atoms with Gasteiger partial charge in [-0.2, -0.15) is 0 Å². The number of benzene rings is 1. The van der Waals surface area contributed by atoms with Crippen molar-refractivity contribution in [3.8, 4) is 0 Å². The summed E-state index contributed by atoms with van der Waals surface area (Å²) in [5.41, 5.74) is -0.0949. The third-order valence-corrected chi connectivity index (χ3v) is 1.18. The van der Waals surface area contributed by atoms with E-state index in [1.54, 1.807) is 0 Å². The van der Waals surface area contributed by atoms with E-state index in [1.807, 2.05) is 0 Å². The Bertz CT molecular complexity index is 309. The van der Waals surface area contributed by atoms with E-state index in [-0.39, 0.29) is 108 Å². The molecule has 0 radical (unpaired) electrons. The van der Waals surface area contributed by atoms with Crippen molar-refractivity contribution in [1.82, 2.24) is 0 Å². The first-order valence-electron chi connectivity index (χ1n) is 3.43. The maximum Gasteiger partial charge on any atom is 1.00 e. The minimum atomic E-state index is -2.33. The van der Waals surface area contributed by atoms with Crippen LogP contribution in [0.2, 0.25) is 0 Å². The Morgan fingerprint density at radius 2 is 1.56 bits per heavy atom. The van der Waals surface area contributed by atoms with E-state index >= 15 is 0 Å². The van der Waals surface area contributed by atoms with Gasteiger partial charge in [-0.3, -0.25) is 0 Å². The van der Waals surface area contributed by atoms with Crippen LogP contribution in [0.4, 0.5) is 9.18 Å². The molecule has 0 aliphatic rings. The molecular formula is C7H6BFK2O5. The zero-order valence-corrected chi connectivity index (χ0v) is 15.1. The summed E-state index contributed by atoms with van der Waals surface area (Å²) in [4.78, 5) is 8.33. The van der Waals surface area contributed by atoms with Gasteiger partial charge in [0.15, 0.2) is 0 Å². The van der Waals surface area contributed by atoms with Crippen LogP contribution in [0.25, 0.3) is 0 Å². The van der Waals surface area contributed by atoms with Gasteiger partial charge in [-0.1, -0.05) is 18.2 Å². The van der Waals surface area contributed by atoms with Crippen molar-refractivity contribution in [3.63, 3.8) is 0 Å². The second-order valence-corrected chi connectivity index (χ2v) is 2.15. The van der Waals surface area contributed by atoms with Crippen molar-refractivity contribution in [3.05, 3.63) is 30.1 Å².